The quantitative estimate of drug-likeness (QED) is 0.490. The predicted molar refractivity (Wildman–Crippen MR) is 93.0 cm³/mol. The van der Waals surface area contributed by atoms with E-state index < -0.39 is 30.6 Å². The van der Waals surface area contributed by atoms with Gasteiger partial charge < -0.3 is 35.7 Å². The number of ether oxygens (including phenoxy) is 1. The highest BCUT2D eigenvalue weighted by atomic mass is 16.6. The summed E-state index contributed by atoms with van der Waals surface area (Å²) in [6.07, 6.45) is -0.521. The first-order valence-corrected chi connectivity index (χ1v) is 8.27. The van der Waals surface area contributed by atoms with Gasteiger partial charge in [-0.3, -0.25) is 4.79 Å². The first-order valence-electron chi connectivity index (χ1n) is 8.27. The number of hydrogen-bond acceptors (Lipinski definition) is 8. The van der Waals surface area contributed by atoms with Gasteiger partial charge in [-0.1, -0.05) is 13.8 Å². The molecule has 1 aliphatic rings. The van der Waals surface area contributed by atoms with Crippen molar-refractivity contribution in [2.45, 2.75) is 44.8 Å². The molecule has 0 spiro atoms. The van der Waals surface area contributed by atoms with Crippen molar-refractivity contribution in [3.63, 3.8) is 0 Å². The van der Waals surface area contributed by atoms with Crippen LogP contribution in [0.2, 0.25) is 0 Å². The third kappa shape index (κ3) is 2.80. The summed E-state index contributed by atoms with van der Waals surface area (Å²) in [5.41, 5.74) is 4.96. The van der Waals surface area contributed by atoms with Crippen LogP contribution in [0.1, 0.15) is 27.0 Å². The molecule has 0 bridgehead atoms. The second-order valence-electron chi connectivity index (χ2n) is 6.93. The van der Waals surface area contributed by atoms with Gasteiger partial charge in [0.2, 0.25) is 5.91 Å². The summed E-state index contributed by atoms with van der Waals surface area (Å²) in [4.78, 5) is 20.3. The Hall–Kier alpha value is -2.27. The molecular formula is C16H23N5O5. The minimum atomic E-state index is -1.70. The smallest absolute Gasteiger partial charge is 0.226 e. The van der Waals surface area contributed by atoms with E-state index in [0.29, 0.717) is 16.7 Å². The molecule has 26 heavy (non-hydrogen) atoms. The number of fused-ring (bicyclic) bond motifs is 1. The third-order valence-corrected chi connectivity index (χ3v) is 4.61. The van der Waals surface area contributed by atoms with E-state index in [1.165, 1.54) is 24.0 Å². The molecule has 0 radical (unpaired) electrons. The van der Waals surface area contributed by atoms with Crippen LogP contribution in [0, 0.1) is 5.92 Å². The van der Waals surface area contributed by atoms with Crippen molar-refractivity contribution < 1.29 is 24.9 Å². The Morgan fingerprint density at radius 2 is 2.19 bits per heavy atom. The van der Waals surface area contributed by atoms with E-state index in [1.54, 1.807) is 13.8 Å². The molecule has 0 saturated carbocycles. The Bertz CT molecular complexity index is 834. The van der Waals surface area contributed by atoms with Crippen molar-refractivity contribution >= 4 is 28.4 Å². The molecule has 142 valence electrons. The van der Waals surface area contributed by atoms with Crippen LogP contribution in [0.25, 0.3) is 11.0 Å². The molecule has 0 aromatic carbocycles. The molecule has 1 aliphatic heterocycles. The van der Waals surface area contributed by atoms with E-state index in [2.05, 4.69) is 15.3 Å². The SMILES string of the molecule is CC(C)C(=O)Nc1cn([C@@H]2O[C@H](CO)[C@@H](O)[C@@]2(C)O)c2ncnc(N)c12. The van der Waals surface area contributed by atoms with Crippen LogP contribution in [-0.2, 0) is 9.53 Å². The lowest BCUT2D eigenvalue weighted by molar-refractivity contribution is -0.118. The average molecular weight is 365 g/mol. The van der Waals surface area contributed by atoms with E-state index in [4.69, 9.17) is 10.5 Å². The van der Waals surface area contributed by atoms with E-state index in [9.17, 15) is 20.1 Å². The van der Waals surface area contributed by atoms with Gasteiger partial charge in [-0.25, -0.2) is 9.97 Å². The summed E-state index contributed by atoms with van der Waals surface area (Å²) in [6, 6.07) is 0. The Kier molecular flexibility index (Phi) is 4.61. The second-order valence-corrected chi connectivity index (χ2v) is 6.93. The van der Waals surface area contributed by atoms with Gasteiger partial charge in [0.1, 0.15) is 35.6 Å². The third-order valence-electron chi connectivity index (χ3n) is 4.61. The summed E-state index contributed by atoms with van der Waals surface area (Å²) in [6.45, 7) is 4.45. The predicted octanol–water partition coefficient (Wildman–Crippen LogP) is -0.390. The first-order chi connectivity index (χ1) is 12.2. The molecule has 3 heterocycles. The molecule has 6 N–H and O–H groups in total. The monoisotopic (exact) mass is 365 g/mol. The van der Waals surface area contributed by atoms with Gasteiger partial charge >= 0.3 is 0 Å². The van der Waals surface area contributed by atoms with Crippen molar-refractivity contribution in [3.05, 3.63) is 12.5 Å². The lowest BCUT2D eigenvalue weighted by Crippen LogP contribution is -2.44. The Balaban J connectivity index is 2.13. The van der Waals surface area contributed by atoms with Gasteiger partial charge in [0, 0.05) is 12.1 Å². The fraction of sp³-hybridized carbons (Fsp3) is 0.562. The summed E-state index contributed by atoms with van der Waals surface area (Å²) in [7, 11) is 0. The van der Waals surface area contributed by atoms with Crippen LogP contribution in [0.5, 0.6) is 0 Å². The lowest BCUT2D eigenvalue weighted by Gasteiger charge is -2.27. The molecular weight excluding hydrogens is 342 g/mol. The highest BCUT2D eigenvalue weighted by Gasteiger charge is 2.53. The maximum atomic E-state index is 12.1. The zero-order valence-electron chi connectivity index (χ0n) is 14.7. The number of nitrogens with zero attached hydrogens (tertiary/aromatic N) is 3. The van der Waals surface area contributed by atoms with Crippen molar-refractivity contribution in [1.29, 1.82) is 0 Å². The maximum Gasteiger partial charge on any atom is 0.226 e. The van der Waals surface area contributed by atoms with Gasteiger partial charge in [0.15, 0.2) is 6.23 Å². The number of rotatable bonds is 4. The minimum Gasteiger partial charge on any atom is -0.394 e. The first kappa shape index (κ1) is 18.5. The van der Waals surface area contributed by atoms with Crippen LogP contribution in [-0.4, -0.2) is 60.2 Å². The molecule has 10 heteroatoms. The topological polar surface area (TPSA) is 156 Å². The van der Waals surface area contributed by atoms with Gasteiger partial charge in [0.05, 0.1) is 17.7 Å². The standard InChI is InChI=1S/C16H23N5O5/c1-7(2)14(24)20-8-4-21(13-10(8)12(17)18-6-19-13)15-16(3,25)11(23)9(5-22)26-15/h4,6-7,9,11,15,22-23,25H,5H2,1-3H3,(H,20,24)(H2,17,18,19)/t9-,11-,15-,16-/m1/s1. The lowest BCUT2D eigenvalue weighted by atomic mass is 9.96. The minimum absolute atomic E-state index is 0.157. The molecule has 0 aliphatic carbocycles. The van der Waals surface area contributed by atoms with Crippen LogP contribution in [0.3, 0.4) is 0 Å². The number of nitrogens with one attached hydrogen (secondary N) is 1. The molecule has 2 aromatic heterocycles. The number of carbonyl (C=O) groups excluding carboxylic acids is 1. The largest absolute Gasteiger partial charge is 0.394 e. The van der Waals surface area contributed by atoms with E-state index in [-0.39, 0.29) is 17.6 Å². The van der Waals surface area contributed by atoms with E-state index in [1.807, 2.05) is 0 Å². The van der Waals surface area contributed by atoms with Gasteiger partial charge in [-0.05, 0) is 6.92 Å². The fourth-order valence-corrected chi connectivity index (χ4v) is 3.05. The zero-order chi connectivity index (χ0) is 19.2. The molecule has 10 nitrogen and oxygen atoms in total. The van der Waals surface area contributed by atoms with Crippen LogP contribution >= 0.6 is 0 Å². The van der Waals surface area contributed by atoms with Crippen molar-refractivity contribution in [2.24, 2.45) is 5.92 Å². The average Bonchev–Trinajstić information content (AvgIpc) is 3.04. The normalized spacial score (nSPS) is 28.8. The fourth-order valence-electron chi connectivity index (χ4n) is 3.05. The van der Waals surface area contributed by atoms with Gasteiger partial charge in [-0.2, -0.15) is 0 Å². The summed E-state index contributed by atoms with van der Waals surface area (Å²) in [5.74, 6) is -0.324. The molecule has 1 amide bonds. The summed E-state index contributed by atoms with van der Waals surface area (Å²) in [5, 5.41) is 33.5. The summed E-state index contributed by atoms with van der Waals surface area (Å²) >= 11 is 0. The number of amides is 1. The van der Waals surface area contributed by atoms with Crippen molar-refractivity contribution in [2.75, 3.05) is 17.7 Å². The summed E-state index contributed by atoms with van der Waals surface area (Å²) < 4.78 is 7.11. The number of carbonyl (C=O) groups is 1. The molecule has 4 atom stereocenters. The van der Waals surface area contributed by atoms with Crippen molar-refractivity contribution in [1.82, 2.24) is 14.5 Å². The second kappa shape index (κ2) is 6.47. The van der Waals surface area contributed by atoms with E-state index >= 15 is 0 Å². The molecule has 2 aromatic rings. The number of hydrogen-bond donors (Lipinski definition) is 5. The molecule has 0 unspecified atom stereocenters. The van der Waals surface area contributed by atoms with E-state index in [0.717, 1.165) is 0 Å². The highest BCUT2D eigenvalue weighted by molar-refractivity contribution is 6.05. The Labute approximate surface area is 149 Å². The number of nitrogens with two attached hydrogens (primary N) is 1. The van der Waals surface area contributed by atoms with Gasteiger partial charge in [0.25, 0.3) is 0 Å². The number of aromatic nitrogens is 3. The zero-order valence-corrected chi connectivity index (χ0v) is 14.7. The number of anilines is 2. The maximum absolute atomic E-state index is 12.1. The number of aliphatic hydroxyl groups is 3. The van der Waals surface area contributed by atoms with Crippen LogP contribution in [0.15, 0.2) is 12.5 Å². The Morgan fingerprint density at radius 3 is 2.77 bits per heavy atom. The number of nitrogen functional groups attached to an aromatic ring is 1. The van der Waals surface area contributed by atoms with Crippen molar-refractivity contribution in [3.8, 4) is 0 Å². The van der Waals surface area contributed by atoms with Crippen LogP contribution < -0.4 is 11.1 Å². The molecule has 1 saturated heterocycles. The van der Waals surface area contributed by atoms with Crippen LogP contribution in [0.4, 0.5) is 11.5 Å². The van der Waals surface area contributed by atoms with Gasteiger partial charge in [-0.15, -0.1) is 0 Å². The Morgan fingerprint density at radius 1 is 1.50 bits per heavy atom. The number of aliphatic hydroxyl groups excluding tert-OH is 2. The molecule has 1 fully saturated rings. The highest BCUT2D eigenvalue weighted by Crippen LogP contribution is 2.41. The molecule has 3 rings (SSSR count).